The van der Waals surface area contributed by atoms with Crippen LogP contribution in [0.25, 0.3) is 17.4 Å². The van der Waals surface area contributed by atoms with E-state index in [-0.39, 0.29) is 11.1 Å². The van der Waals surface area contributed by atoms with Crippen LogP contribution in [0.5, 0.6) is 0 Å². The molecule has 0 aliphatic carbocycles. The van der Waals surface area contributed by atoms with Crippen molar-refractivity contribution in [2.75, 3.05) is 6.54 Å². The van der Waals surface area contributed by atoms with Crippen molar-refractivity contribution in [3.8, 4) is 11.3 Å². The molecule has 0 saturated carbocycles. The van der Waals surface area contributed by atoms with Gasteiger partial charge in [0, 0.05) is 23.2 Å². The van der Waals surface area contributed by atoms with E-state index in [9.17, 15) is 9.59 Å². The zero-order chi connectivity index (χ0) is 16.4. The Hall–Kier alpha value is -1.98. The van der Waals surface area contributed by atoms with Crippen LogP contribution in [0.1, 0.15) is 19.1 Å². The van der Waals surface area contributed by atoms with Gasteiger partial charge in [-0.05, 0) is 54.6 Å². The van der Waals surface area contributed by atoms with Crippen molar-refractivity contribution in [1.82, 2.24) is 4.90 Å². The van der Waals surface area contributed by atoms with Gasteiger partial charge in [-0.15, -0.1) is 0 Å². The van der Waals surface area contributed by atoms with E-state index in [1.165, 1.54) is 4.90 Å². The molecule has 23 heavy (non-hydrogen) atoms. The lowest BCUT2D eigenvalue weighted by atomic mass is 10.2. The largest absolute Gasteiger partial charge is 0.457 e. The first kappa shape index (κ1) is 15.9. The lowest BCUT2D eigenvalue weighted by Gasteiger charge is -2.09. The summed E-state index contributed by atoms with van der Waals surface area (Å²) in [5, 5.41) is 0.428. The van der Waals surface area contributed by atoms with Crippen molar-refractivity contribution in [3.05, 3.63) is 52.1 Å². The van der Waals surface area contributed by atoms with E-state index in [0.717, 1.165) is 23.7 Å². The molecule has 0 unspecified atom stereocenters. The van der Waals surface area contributed by atoms with Gasteiger partial charge in [0.25, 0.3) is 11.1 Å². The minimum absolute atomic E-state index is 0.229. The Bertz CT molecular complexity index is 779. The number of benzene rings is 1. The monoisotopic (exact) mass is 347 g/mol. The molecule has 0 spiro atoms. The van der Waals surface area contributed by atoms with Crippen LogP contribution in [0.15, 0.2) is 45.7 Å². The van der Waals surface area contributed by atoms with Crippen molar-refractivity contribution in [2.45, 2.75) is 13.3 Å². The van der Waals surface area contributed by atoms with E-state index in [0.29, 0.717) is 28.0 Å². The number of imide groups is 1. The van der Waals surface area contributed by atoms with Gasteiger partial charge in [0.2, 0.25) is 0 Å². The molecule has 0 radical (unpaired) electrons. The molecule has 6 heteroatoms. The topological polar surface area (TPSA) is 50.5 Å². The maximum absolute atomic E-state index is 12.2. The first-order valence-electron chi connectivity index (χ1n) is 7.19. The molecule has 0 bridgehead atoms. The smallest absolute Gasteiger partial charge is 0.293 e. The van der Waals surface area contributed by atoms with E-state index in [1.54, 1.807) is 24.3 Å². The van der Waals surface area contributed by atoms with Crippen molar-refractivity contribution < 1.29 is 14.0 Å². The highest BCUT2D eigenvalue weighted by Gasteiger charge is 2.34. The lowest BCUT2D eigenvalue weighted by Crippen LogP contribution is -2.28. The number of nitrogens with zero attached hydrogens (tertiary/aromatic N) is 1. The zero-order valence-electron chi connectivity index (χ0n) is 12.4. The number of amides is 2. The van der Waals surface area contributed by atoms with Crippen molar-refractivity contribution >= 4 is 40.6 Å². The quantitative estimate of drug-likeness (QED) is 0.726. The Kier molecular flexibility index (Phi) is 4.59. The molecule has 1 aromatic heterocycles. The Balaban J connectivity index is 1.82. The van der Waals surface area contributed by atoms with E-state index in [4.69, 9.17) is 16.0 Å². The number of carbonyl (C=O) groups is 2. The Labute approximate surface area is 143 Å². The molecular weight excluding hydrogens is 334 g/mol. The van der Waals surface area contributed by atoms with Crippen molar-refractivity contribution in [3.63, 3.8) is 0 Å². The van der Waals surface area contributed by atoms with Gasteiger partial charge in [-0.3, -0.25) is 14.5 Å². The number of furan rings is 1. The van der Waals surface area contributed by atoms with E-state index >= 15 is 0 Å². The summed E-state index contributed by atoms with van der Waals surface area (Å²) in [5.74, 6) is 0.962. The summed E-state index contributed by atoms with van der Waals surface area (Å²) in [7, 11) is 0. The Morgan fingerprint density at radius 1 is 1.17 bits per heavy atom. The fourth-order valence-electron chi connectivity index (χ4n) is 2.25. The molecule has 1 aromatic carbocycles. The molecule has 2 aromatic rings. The Morgan fingerprint density at radius 3 is 2.61 bits per heavy atom. The van der Waals surface area contributed by atoms with Crippen LogP contribution in [0.4, 0.5) is 4.79 Å². The van der Waals surface area contributed by atoms with Gasteiger partial charge in [0.05, 0.1) is 4.91 Å². The van der Waals surface area contributed by atoms with Crippen LogP contribution >= 0.6 is 23.4 Å². The lowest BCUT2D eigenvalue weighted by molar-refractivity contribution is -0.122. The standard InChI is InChI=1S/C17H14ClNO3S/c1-2-9-19-16(20)15(23-17(19)21)10-13-7-8-14(22-13)11-3-5-12(18)6-4-11/h3-8,10H,2,9H2,1H3/b15-10-. The summed E-state index contributed by atoms with van der Waals surface area (Å²) >= 11 is 6.81. The van der Waals surface area contributed by atoms with Crippen LogP contribution < -0.4 is 0 Å². The van der Waals surface area contributed by atoms with Gasteiger partial charge in [-0.2, -0.15) is 0 Å². The SMILES string of the molecule is CCCN1C(=O)S/C(=C\c2ccc(-c3ccc(Cl)cc3)o2)C1=O. The highest BCUT2D eigenvalue weighted by atomic mass is 35.5. The number of carbonyl (C=O) groups excluding carboxylic acids is 2. The Morgan fingerprint density at radius 2 is 1.91 bits per heavy atom. The molecule has 118 valence electrons. The fourth-order valence-corrected chi connectivity index (χ4v) is 3.22. The predicted octanol–water partition coefficient (Wildman–Crippen LogP) is 5.05. The molecular formula is C17H14ClNO3S. The molecule has 3 rings (SSSR count). The van der Waals surface area contributed by atoms with Crippen LogP contribution in [0.2, 0.25) is 5.02 Å². The summed E-state index contributed by atoms with van der Waals surface area (Å²) in [6.07, 6.45) is 2.35. The molecule has 1 saturated heterocycles. The maximum Gasteiger partial charge on any atom is 0.293 e. The van der Waals surface area contributed by atoms with Crippen LogP contribution in [0, 0.1) is 0 Å². The minimum Gasteiger partial charge on any atom is -0.457 e. The van der Waals surface area contributed by atoms with Gasteiger partial charge in [0.15, 0.2) is 0 Å². The summed E-state index contributed by atoms with van der Waals surface area (Å²) in [6, 6.07) is 10.9. The first-order valence-corrected chi connectivity index (χ1v) is 8.39. The predicted molar refractivity (Wildman–Crippen MR) is 92.1 cm³/mol. The second kappa shape index (κ2) is 6.64. The first-order chi connectivity index (χ1) is 11.1. The molecule has 1 aliphatic rings. The van der Waals surface area contributed by atoms with Crippen molar-refractivity contribution in [1.29, 1.82) is 0 Å². The molecule has 2 heterocycles. The molecule has 0 atom stereocenters. The molecule has 0 N–H and O–H groups in total. The van der Waals surface area contributed by atoms with Crippen LogP contribution in [-0.4, -0.2) is 22.6 Å². The second-order valence-electron chi connectivity index (χ2n) is 5.04. The number of rotatable bonds is 4. The average Bonchev–Trinajstić information content (AvgIpc) is 3.09. The average molecular weight is 348 g/mol. The van der Waals surface area contributed by atoms with Gasteiger partial charge in [-0.25, -0.2) is 0 Å². The number of thioether (sulfide) groups is 1. The van der Waals surface area contributed by atoms with Gasteiger partial charge in [-0.1, -0.05) is 18.5 Å². The zero-order valence-corrected chi connectivity index (χ0v) is 14.0. The van der Waals surface area contributed by atoms with E-state index < -0.39 is 0 Å². The number of hydrogen-bond donors (Lipinski definition) is 0. The summed E-state index contributed by atoms with van der Waals surface area (Å²) in [6.45, 7) is 2.37. The van der Waals surface area contributed by atoms with Gasteiger partial charge in [0.1, 0.15) is 11.5 Å². The van der Waals surface area contributed by atoms with Crippen LogP contribution in [0.3, 0.4) is 0 Å². The van der Waals surface area contributed by atoms with E-state index in [2.05, 4.69) is 0 Å². The maximum atomic E-state index is 12.2. The summed E-state index contributed by atoms with van der Waals surface area (Å²) in [4.78, 5) is 25.7. The fraction of sp³-hybridized carbons (Fsp3) is 0.176. The summed E-state index contributed by atoms with van der Waals surface area (Å²) < 4.78 is 5.74. The minimum atomic E-state index is -0.258. The third kappa shape index (κ3) is 3.35. The highest BCUT2D eigenvalue weighted by molar-refractivity contribution is 8.18. The summed E-state index contributed by atoms with van der Waals surface area (Å²) in [5.41, 5.74) is 0.896. The van der Waals surface area contributed by atoms with Gasteiger partial charge >= 0.3 is 0 Å². The van der Waals surface area contributed by atoms with E-state index in [1.807, 2.05) is 25.1 Å². The number of hydrogen-bond acceptors (Lipinski definition) is 4. The molecule has 2 amide bonds. The highest BCUT2D eigenvalue weighted by Crippen LogP contribution is 2.33. The third-order valence-corrected chi connectivity index (χ3v) is 4.51. The van der Waals surface area contributed by atoms with Crippen molar-refractivity contribution in [2.24, 2.45) is 0 Å². The normalized spacial score (nSPS) is 16.6. The number of halogens is 1. The second-order valence-corrected chi connectivity index (χ2v) is 6.47. The van der Waals surface area contributed by atoms with Crippen LogP contribution in [-0.2, 0) is 4.79 Å². The van der Waals surface area contributed by atoms with Gasteiger partial charge < -0.3 is 4.42 Å². The molecule has 1 aliphatic heterocycles. The molecule has 4 nitrogen and oxygen atoms in total. The molecule has 1 fully saturated rings. The third-order valence-electron chi connectivity index (χ3n) is 3.35.